The van der Waals surface area contributed by atoms with Crippen molar-refractivity contribution < 1.29 is 22.7 Å². The van der Waals surface area contributed by atoms with Crippen LogP contribution in [-0.4, -0.2) is 42.6 Å². The number of rotatable bonds is 5. The van der Waals surface area contributed by atoms with E-state index in [9.17, 15) is 17.9 Å². The smallest absolute Gasteiger partial charge is 0.218 e. The second-order valence-electron chi connectivity index (χ2n) is 6.77. The molecule has 1 aliphatic heterocycles. The fraction of sp³-hybridized carbons (Fsp3) is 0.368. The number of piperidine rings is 1. The van der Waals surface area contributed by atoms with Crippen LogP contribution in [0.15, 0.2) is 54.6 Å². The van der Waals surface area contributed by atoms with E-state index in [1.807, 2.05) is 6.07 Å². The summed E-state index contributed by atoms with van der Waals surface area (Å²) in [6.45, 7) is 1.84. The van der Waals surface area contributed by atoms with Crippen molar-refractivity contribution in [2.45, 2.75) is 30.8 Å². The van der Waals surface area contributed by atoms with E-state index >= 15 is 0 Å². The Bertz CT molecular complexity index is 855. The minimum atomic E-state index is -3.55. The van der Waals surface area contributed by atoms with E-state index in [4.69, 9.17) is 4.74 Å². The van der Waals surface area contributed by atoms with Gasteiger partial charge in [0.15, 0.2) is 0 Å². The van der Waals surface area contributed by atoms with Gasteiger partial charge in [-0.2, -0.15) is 4.31 Å². The third-order valence-corrected chi connectivity index (χ3v) is 6.41. The van der Waals surface area contributed by atoms with Gasteiger partial charge in [0.25, 0.3) is 0 Å². The summed E-state index contributed by atoms with van der Waals surface area (Å²) in [5, 5.41) is 10.6. The summed E-state index contributed by atoms with van der Waals surface area (Å²) in [6, 6.07) is 14.5. The van der Waals surface area contributed by atoms with Crippen molar-refractivity contribution in [3.8, 4) is 5.75 Å². The maximum atomic E-state index is 13.4. The lowest BCUT2D eigenvalue weighted by atomic mass is 9.91. The predicted molar refractivity (Wildman–Crippen MR) is 96.7 cm³/mol. The molecule has 1 fully saturated rings. The first-order valence-electron chi connectivity index (χ1n) is 8.43. The van der Waals surface area contributed by atoms with Crippen molar-refractivity contribution >= 4 is 10.0 Å². The van der Waals surface area contributed by atoms with Crippen LogP contribution in [0.4, 0.5) is 4.39 Å². The molecule has 0 radical (unpaired) electrons. The summed E-state index contributed by atoms with van der Waals surface area (Å²) in [5.41, 5.74) is -0.502. The van der Waals surface area contributed by atoms with Gasteiger partial charge in [0, 0.05) is 12.6 Å². The molecular formula is C19H22FNO4S. The van der Waals surface area contributed by atoms with Crippen LogP contribution in [0.2, 0.25) is 0 Å². The van der Waals surface area contributed by atoms with Crippen LogP contribution in [0.25, 0.3) is 0 Å². The molecule has 0 saturated carbocycles. The van der Waals surface area contributed by atoms with Crippen LogP contribution in [-0.2, 0) is 15.8 Å². The topological polar surface area (TPSA) is 66.8 Å². The zero-order valence-electron chi connectivity index (χ0n) is 14.5. The van der Waals surface area contributed by atoms with Crippen LogP contribution in [0, 0.1) is 5.82 Å². The van der Waals surface area contributed by atoms with Gasteiger partial charge in [-0.1, -0.05) is 36.4 Å². The normalized spacial score (nSPS) is 24.3. The summed E-state index contributed by atoms with van der Waals surface area (Å²) < 4.78 is 45.9. The highest BCUT2D eigenvalue weighted by atomic mass is 32.2. The molecule has 2 aromatic carbocycles. The average molecular weight is 379 g/mol. The molecule has 1 saturated heterocycles. The van der Waals surface area contributed by atoms with E-state index in [2.05, 4.69) is 0 Å². The molecule has 2 aromatic rings. The second kappa shape index (κ2) is 7.34. The van der Waals surface area contributed by atoms with E-state index in [1.165, 1.54) is 22.5 Å². The van der Waals surface area contributed by atoms with Crippen molar-refractivity contribution in [2.75, 3.05) is 13.1 Å². The van der Waals surface area contributed by atoms with E-state index in [1.54, 1.807) is 37.3 Å². The number of halogens is 1. The molecule has 3 rings (SSSR count). The third kappa shape index (κ3) is 4.41. The third-order valence-electron chi connectivity index (χ3n) is 4.59. The molecule has 26 heavy (non-hydrogen) atoms. The molecule has 0 bridgehead atoms. The fourth-order valence-corrected chi connectivity index (χ4v) is 4.51. The number of hydrogen-bond donors (Lipinski definition) is 1. The predicted octanol–water partition coefficient (Wildman–Crippen LogP) is 2.56. The Morgan fingerprint density at radius 1 is 1.23 bits per heavy atom. The van der Waals surface area contributed by atoms with Gasteiger partial charge in [-0.05, 0) is 31.0 Å². The van der Waals surface area contributed by atoms with Gasteiger partial charge in [0.1, 0.15) is 23.3 Å². The van der Waals surface area contributed by atoms with E-state index < -0.39 is 27.5 Å². The van der Waals surface area contributed by atoms with Gasteiger partial charge in [-0.3, -0.25) is 0 Å². The standard InChI is InChI=1S/C19H22FNO4S/c1-19(22)10-11-21(26(23,24)14-15-6-3-2-4-7-15)13-18(19)25-17-9-5-8-16(20)12-17/h2-9,12,18,22H,10-11,13-14H2,1H3/t18-,19-/m0/s1. The first-order chi connectivity index (χ1) is 12.3. The largest absolute Gasteiger partial charge is 0.486 e. The zero-order chi connectivity index (χ0) is 18.8. The fourth-order valence-electron chi connectivity index (χ4n) is 2.98. The highest BCUT2D eigenvalue weighted by molar-refractivity contribution is 7.88. The van der Waals surface area contributed by atoms with Gasteiger partial charge in [-0.25, -0.2) is 12.8 Å². The van der Waals surface area contributed by atoms with Gasteiger partial charge in [0.2, 0.25) is 10.0 Å². The van der Waals surface area contributed by atoms with Crippen LogP contribution >= 0.6 is 0 Å². The van der Waals surface area contributed by atoms with Gasteiger partial charge >= 0.3 is 0 Å². The van der Waals surface area contributed by atoms with Gasteiger partial charge in [-0.15, -0.1) is 0 Å². The van der Waals surface area contributed by atoms with Crippen molar-refractivity contribution in [3.05, 3.63) is 66.0 Å². The number of aliphatic hydroxyl groups is 1. The molecule has 7 heteroatoms. The van der Waals surface area contributed by atoms with Crippen molar-refractivity contribution in [2.24, 2.45) is 0 Å². The molecular weight excluding hydrogens is 357 g/mol. The SMILES string of the molecule is C[C@]1(O)CCN(S(=O)(=O)Cc2ccccc2)C[C@@H]1Oc1cccc(F)c1. The maximum absolute atomic E-state index is 13.4. The van der Waals surface area contributed by atoms with E-state index in [0.29, 0.717) is 5.56 Å². The molecule has 140 valence electrons. The molecule has 1 heterocycles. The number of ether oxygens (including phenoxy) is 1. The Labute approximate surface area is 153 Å². The molecule has 5 nitrogen and oxygen atoms in total. The zero-order valence-corrected chi connectivity index (χ0v) is 15.3. The molecule has 1 aliphatic rings. The Kier molecular flexibility index (Phi) is 5.32. The maximum Gasteiger partial charge on any atom is 0.218 e. The van der Waals surface area contributed by atoms with Crippen molar-refractivity contribution in [1.82, 2.24) is 4.31 Å². The minimum Gasteiger partial charge on any atom is -0.486 e. The van der Waals surface area contributed by atoms with E-state index in [0.717, 1.165) is 0 Å². The minimum absolute atomic E-state index is 0.0126. The first-order valence-corrected chi connectivity index (χ1v) is 10.0. The number of sulfonamides is 1. The van der Waals surface area contributed by atoms with Crippen LogP contribution in [0.5, 0.6) is 5.75 Å². The Morgan fingerprint density at radius 2 is 1.96 bits per heavy atom. The number of nitrogens with zero attached hydrogens (tertiary/aromatic N) is 1. The molecule has 0 unspecified atom stereocenters. The summed E-state index contributed by atoms with van der Waals surface area (Å²) >= 11 is 0. The molecule has 0 amide bonds. The summed E-state index contributed by atoms with van der Waals surface area (Å²) in [7, 11) is -3.55. The summed E-state index contributed by atoms with van der Waals surface area (Å²) in [6.07, 6.45) is -0.551. The van der Waals surface area contributed by atoms with Gasteiger partial charge in [0.05, 0.1) is 12.3 Å². The molecule has 0 spiro atoms. The highest BCUT2D eigenvalue weighted by Gasteiger charge is 2.42. The van der Waals surface area contributed by atoms with Crippen LogP contribution in [0.3, 0.4) is 0 Å². The Morgan fingerprint density at radius 3 is 2.65 bits per heavy atom. The number of benzene rings is 2. The lowest BCUT2D eigenvalue weighted by Gasteiger charge is -2.41. The molecule has 2 atom stereocenters. The van der Waals surface area contributed by atoms with Crippen molar-refractivity contribution in [3.63, 3.8) is 0 Å². The Balaban J connectivity index is 1.76. The Hall–Kier alpha value is -1.96. The summed E-state index contributed by atoms with van der Waals surface area (Å²) in [4.78, 5) is 0. The average Bonchev–Trinajstić information content (AvgIpc) is 2.57. The summed E-state index contributed by atoms with van der Waals surface area (Å²) in [5.74, 6) is -0.299. The van der Waals surface area contributed by atoms with E-state index in [-0.39, 0.29) is 31.0 Å². The van der Waals surface area contributed by atoms with Crippen LogP contribution in [0.1, 0.15) is 18.9 Å². The first kappa shape index (κ1) is 18.8. The quantitative estimate of drug-likeness (QED) is 0.867. The lowest BCUT2D eigenvalue weighted by molar-refractivity contribution is -0.0810. The van der Waals surface area contributed by atoms with Crippen molar-refractivity contribution in [1.29, 1.82) is 0 Å². The highest BCUT2D eigenvalue weighted by Crippen LogP contribution is 2.29. The number of hydrogen-bond acceptors (Lipinski definition) is 4. The van der Waals surface area contributed by atoms with Crippen LogP contribution < -0.4 is 4.74 Å². The second-order valence-corrected chi connectivity index (χ2v) is 8.74. The molecule has 0 aromatic heterocycles. The van der Waals surface area contributed by atoms with Gasteiger partial charge < -0.3 is 9.84 Å². The molecule has 1 N–H and O–H groups in total. The monoisotopic (exact) mass is 379 g/mol. The lowest BCUT2D eigenvalue weighted by Crippen LogP contribution is -2.57. The molecule has 0 aliphatic carbocycles.